The van der Waals surface area contributed by atoms with E-state index in [2.05, 4.69) is 10.4 Å². The number of rotatable bonds is 3. The average Bonchev–Trinajstić information content (AvgIpc) is 3.00. The molecule has 1 aliphatic rings. The number of hydrazine groups is 1. The zero-order valence-corrected chi connectivity index (χ0v) is 13.4. The molecule has 0 atom stereocenters. The number of nitriles is 1. The number of hydrogen-bond acceptors (Lipinski definition) is 6. The molecule has 0 saturated carbocycles. The highest BCUT2D eigenvalue weighted by molar-refractivity contribution is 6.14. The molecule has 1 aliphatic heterocycles. The van der Waals surface area contributed by atoms with Crippen LogP contribution in [-0.2, 0) is 4.79 Å². The summed E-state index contributed by atoms with van der Waals surface area (Å²) < 4.78 is 5.13. The third-order valence-corrected chi connectivity index (χ3v) is 3.72. The summed E-state index contributed by atoms with van der Waals surface area (Å²) in [5, 5.41) is 9.40. The smallest absolute Gasteiger partial charge is 0.266 e. The number of amides is 1. The van der Waals surface area contributed by atoms with Gasteiger partial charge in [-0.05, 0) is 12.1 Å². The van der Waals surface area contributed by atoms with Gasteiger partial charge >= 0.3 is 0 Å². The standard InChI is InChI=1S/C18H15N5O2/c1-25-13-6-4-5-12(9-13)23(11-19)17(24)10-16-14-7-2-3-8-15(14)18(21-16)22-20/h2-10H,20H2,1H3,(H,21,22). The molecule has 3 rings (SSSR count). The van der Waals surface area contributed by atoms with Crippen molar-refractivity contribution in [3.05, 3.63) is 65.7 Å². The number of ether oxygens (including phenoxy) is 1. The molecule has 3 N–H and O–H groups in total. The zero-order chi connectivity index (χ0) is 17.8. The Hall–Kier alpha value is -3.63. The van der Waals surface area contributed by atoms with E-state index in [-0.39, 0.29) is 0 Å². The molecule has 1 amide bonds. The second-order valence-corrected chi connectivity index (χ2v) is 5.16. The predicted octanol–water partition coefficient (Wildman–Crippen LogP) is 1.77. The van der Waals surface area contributed by atoms with E-state index in [1.54, 1.807) is 24.3 Å². The summed E-state index contributed by atoms with van der Waals surface area (Å²) in [6.45, 7) is 0. The molecule has 124 valence electrons. The zero-order valence-electron chi connectivity index (χ0n) is 13.4. The first kappa shape index (κ1) is 16.2. The molecule has 25 heavy (non-hydrogen) atoms. The van der Waals surface area contributed by atoms with E-state index in [1.165, 1.54) is 13.2 Å². The van der Waals surface area contributed by atoms with Crippen molar-refractivity contribution in [2.24, 2.45) is 10.8 Å². The minimum atomic E-state index is -0.512. The summed E-state index contributed by atoms with van der Waals surface area (Å²) in [6.07, 6.45) is 3.20. The Morgan fingerprint density at radius 1 is 1.28 bits per heavy atom. The first-order valence-electron chi connectivity index (χ1n) is 7.42. The Balaban J connectivity index is 1.96. The van der Waals surface area contributed by atoms with Crippen LogP contribution in [-0.4, -0.2) is 18.9 Å². The number of nitrogens with one attached hydrogen (secondary N) is 1. The van der Waals surface area contributed by atoms with E-state index in [1.807, 2.05) is 30.5 Å². The largest absolute Gasteiger partial charge is 0.497 e. The topological polar surface area (TPSA) is 104 Å². The maximum atomic E-state index is 12.6. The van der Waals surface area contributed by atoms with E-state index in [0.717, 1.165) is 16.0 Å². The van der Waals surface area contributed by atoms with Gasteiger partial charge in [0.05, 0.1) is 18.5 Å². The Morgan fingerprint density at radius 2 is 2.04 bits per heavy atom. The van der Waals surface area contributed by atoms with Crippen LogP contribution in [0.2, 0.25) is 0 Å². The van der Waals surface area contributed by atoms with Crippen LogP contribution in [0.3, 0.4) is 0 Å². The van der Waals surface area contributed by atoms with Crippen molar-refractivity contribution in [2.75, 3.05) is 12.0 Å². The van der Waals surface area contributed by atoms with Gasteiger partial charge < -0.3 is 10.2 Å². The first-order valence-corrected chi connectivity index (χ1v) is 7.42. The van der Waals surface area contributed by atoms with Crippen molar-refractivity contribution in [3.8, 4) is 11.9 Å². The molecule has 0 spiro atoms. The van der Waals surface area contributed by atoms with Gasteiger partial charge in [0.1, 0.15) is 11.6 Å². The summed E-state index contributed by atoms with van der Waals surface area (Å²) in [7, 11) is 1.52. The summed E-state index contributed by atoms with van der Waals surface area (Å²) >= 11 is 0. The monoisotopic (exact) mass is 333 g/mol. The molecular formula is C18H15N5O2. The van der Waals surface area contributed by atoms with Crippen molar-refractivity contribution in [1.82, 2.24) is 5.43 Å². The van der Waals surface area contributed by atoms with Crippen LogP contribution in [0.4, 0.5) is 5.69 Å². The number of nitrogens with zero attached hydrogens (tertiary/aromatic N) is 3. The molecule has 0 aromatic heterocycles. The van der Waals surface area contributed by atoms with Gasteiger partial charge in [0, 0.05) is 23.3 Å². The van der Waals surface area contributed by atoms with Crippen LogP contribution < -0.4 is 20.9 Å². The molecule has 0 bridgehead atoms. The fourth-order valence-corrected chi connectivity index (χ4v) is 2.54. The van der Waals surface area contributed by atoms with Crippen molar-refractivity contribution in [2.45, 2.75) is 0 Å². The molecule has 2 aromatic carbocycles. The van der Waals surface area contributed by atoms with Gasteiger partial charge in [0.2, 0.25) is 0 Å². The molecule has 7 nitrogen and oxygen atoms in total. The molecule has 1 heterocycles. The van der Waals surface area contributed by atoms with Gasteiger partial charge in [-0.15, -0.1) is 0 Å². The fraction of sp³-hybridized carbons (Fsp3) is 0.0556. The highest BCUT2D eigenvalue weighted by Gasteiger charge is 2.22. The SMILES string of the molecule is COc1cccc(N(C#N)C(=O)C=C2N=C(NN)c3ccccc32)c1. The van der Waals surface area contributed by atoms with Crippen molar-refractivity contribution < 1.29 is 9.53 Å². The van der Waals surface area contributed by atoms with Gasteiger partial charge in [-0.2, -0.15) is 5.26 Å². The van der Waals surface area contributed by atoms with Crippen molar-refractivity contribution in [3.63, 3.8) is 0 Å². The number of fused-ring (bicyclic) bond motifs is 1. The lowest BCUT2D eigenvalue weighted by atomic mass is 10.1. The Morgan fingerprint density at radius 3 is 2.72 bits per heavy atom. The lowest BCUT2D eigenvalue weighted by Crippen LogP contribution is -2.29. The Bertz CT molecular complexity index is 927. The quantitative estimate of drug-likeness (QED) is 0.293. The van der Waals surface area contributed by atoms with E-state index in [4.69, 9.17) is 10.6 Å². The number of anilines is 1. The third kappa shape index (κ3) is 3.06. The number of carbonyl (C=O) groups is 1. The summed E-state index contributed by atoms with van der Waals surface area (Å²) in [4.78, 5) is 17.9. The van der Waals surface area contributed by atoms with E-state index < -0.39 is 5.91 Å². The van der Waals surface area contributed by atoms with Crippen LogP contribution in [0.1, 0.15) is 11.1 Å². The van der Waals surface area contributed by atoms with Gasteiger partial charge in [-0.1, -0.05) is 30.3 Å². The van der Waals surface area contributed by atoms with Crippen LogP contribution >= 0.6 is 0 Å². The minimum absolute atomic E-state index is 0.413. The van der Waals surface area contributed by atoms with Gasteiger partial charge in [-0.25, -0.2) is 15.7 Å². The van der Waals surface area contributed by atoms with Crippen LogP contribution in [0.5, 0.6) is 5.75 Å². The summed E-state index contributed by atoms with van der Waals surface area (Å²) in [6, 6.07) is 14.1. The highest BCUT2D eigenvalue weighted by atomic mass is 16.5. The molecule has 0 radical (unpaired) electrons. The molecule has 0 unspecified atom stereocenters. The summed E-state index contributed by atoms with van der Waals surface area (Å²) in [5.41, 5.74) is 4.94. The van der Waals surface area contributed by atoms with Crippen molar-refractivity contribution in [1.29, 1.82) is 5.26 Å². The van der Waals surface area contributed by atoms with Gasteiger partial charge in [0.25, 0.3) is 5.91 Å². The maximum absolute atomic E-state index is 12.6. The fourth-order valence-electron chi connectivity index (χ4n) is 2.54. The van der Waals surface area contributed by atoms with E-state index >= 15 is 0 Å². The van der Waals surface area contributed by atoms with Crippen molar-refractivity contribution >= 4 is 23.1 Å². The molecular weight excluding hydrogens is 318 g/mol. The minimum Gasteiger partial charge on any atom is -0.497 e. The number of methoxy groups -OCH3 is 1. The average molecular weight is 333 g/mol. The number of benzene rings is 2. The molecule has 0 fully saturated rings. The predicted molar refractivity (Wildman–Crippen MR) is 94.4 cm³/mol. The van der Waals surface area contributed by atoms with E-state index in [9.17, 15) is 10.1 Å². The molecule has 7 heteroatoms. The second kappa shape index (κ2) is 6.86. The normalized spacial score (nSPS) is 13.6. The number of hydrogen-bond donors (Lipinski definition) is 2. The van der Waals surface area contributed by atoms with E-state index in [0.29, 0.717) is 23.0 Å². The first-order chi connectivity index (χ1) is 12.2. The number of aliphatic imine (C=N–C) groups is 1. The number of nitrogens with two attached hydrogens (primary N) is 1. The molecule has 0 saturated heterocycles. The van der Waals surface area contributed by atoms with Gasteiger partial charge in [-0.3, -0.25) is 4.79 Å². The van der Waals surface area contributed by atoms with Crippen LogP contribution in [0.15, 0.2) is 59.6 Å². The number of carbonyl (C=O) groups excluding carboxylic acids is 1. The molecule has 0 aliphatic carbocycles. The lowest BCUT2D eigenvalue weighted by Gasteiger charge is -2.12. The third-order valence-electron chi connectivity index (χ3n) is 3.72. The highest BCUT2D eigenvalue weighted by Crippen LogP contribution is 2.28. The lowest BCUT2D eigenvalue weighted by molar-refractivity contribution is -0.113. The van der Waals surface area contributed by atoms with Gasteiger partial charge in [0.15, 0.2) is 6.19 Å². The second-order valence-electron chi connectivity index (χ2n) is 5.16. The van der Waals surface area contributed by atoms with Crippen LogP contribution in [0.25, 0.3) is 5.70 Å². The molecule has 2 aromatic rings. The Kier molecular flexibility index (Phi) is 4.46. The van der Waals surface area contributed by atoms with Crippen LogP contribution in [0, 0.1) is 11.5 Å². The maximum Gasteiger partial charge on any atom is 0.266 e. The summed E-state index contributed by atoms with van der Waals surface area (Å²) in [5.74, 6) is 5.99. The number of amidine groups is 1. The Labute approximate surface area is 144 Å².